The largest absolute Gasteiger partial charge is 0.309 e. The third-order valence-electron chi connectivity index (χ3n) is 14.6. The second-order valence-corrected chi connectivity index (χ2v) is 22.1. The lowest BCUT2D eigenvalue weighted by Crippen LogP contribution is -2.74. The molecule has 0 aliphatic carbocycles. The Morgan fingerprint density at radius 3 is 1.01 bits per heavy atom. The van der Waals surface area contributed by atoms with Gasteiger partial charge in [-0.15, -0.1) is 0 Å². The molecule has 0 saturated heterocycles. The first-order chi connectivity index (χ1) is 34.8. The number of fused-ring (bicyclic) bond motifs is 9. The van der Waals surface area contributed by atoms with Crippen LogP contribution in [0.4, 0.5) is 0 Å². The number of rotatable bonds is 8. The molecule has 14 rings (SSSR count). The van der Waals surface area contributed by atoms with E-state index in [1.807, 2.05) is 0 Å². The zero-order valence-corrected chi connectivity index (χ0v) is 39.2. The van der Waals surface area contributed by atoms with Crippen molar-refractivity contribution in [1.29, 1.82) is 0 Å². The molecule has 0 fully saturated rings. The lowest BCUT2D eigenvalue weighted by molar-refractivity contribution is 1.06. The number of hydrogen-bond acceptors (Lipinski definition) is 1. The van der Waals surface area contributed by atoms with Crippen molar-refractivity contribution in [2.45, 2.75) is 0 Å². The Morgan fingerprint density at radius 1 is 0.271 bits per heavy atom. The van der Waals surface area contributed by atoms with Gasteiger partial charge < -0.3 is 9.13 Å². The third kappa shape index (κ3) is 5.98. The number of hydrogen-bond donors (Lipinski definition) is 0. The zero-order valence-electron chi connectivity index (χ0n) is 38.2. The van der Waals surface area contributed by atoms with E-state index in [1.54, 1.807) is 0 Å². The van der Waals surface area contributed by atoms with Crippen LogP contribution in [0, 0.1) is 0 Å². The van der Waals surface area contributed by atoms with Crippen molar-refractivity contribution in [3.05, 3.63) is 267 Å². The number of nitrogens with zero attached hydrogens (tertiary/aromatic N) is 4. The molecule has 0 atom stereocenters. The summed E-state index contributed by atoms with van der Waals surface area (Å²) >= 11 is 0. The fourth-order valence-electron chi connectivity index (χ4n) is 11.7. The fraction of sp³-hybridized carbons (Fsp3) is 0. The van der Waals surface area contributed by atoms with Gasteiger partial charge in [-0.25, -0.2) is 4.98 Å². The number of benzene rings is 10. The Hall–Kier alpha value is -9.03. The molecule has 0 saturated carbocycles. The van der Waals surface area contributed by atoms with Gasteiger partial charge in [0.1, 0.15) is 5.82 Å². The normalized spacial score (nSPS) is 12.0. The summed E-state index contributed by atoms with van der Waals surface area (Å²) in [7, 11) is -2.98. The first kappa shape index (κ1) is 40.1. The van der Waals surface area contributed by atoms with Gasteiger partial charge in [-0.1, -0.05) is 212 Å². The molecule has 0 amide bonds. The Bertz CT molecular complexity index is 3910. The molecule has 10 aromatic carbocycles. The van der Waals surface area contributed by atoms with Crippen molar-refractivity contribution in [2.24, 2.45) is 0 Å². The van der Waals surface area contributed by atoms with Crippen LogP contribution >= 0.6 is 0 Å². The Labute approximate surface area is 406 Å². The van der Waals surface area contributed by atoms with Crippen molar-refractivity contribution < 1.29 is 0 Å². The summed E-state index contributed by atoms with van der Waals surface area (Å²) in [5.74, 6) is 0.852. The first-order valence-corrected chi connectivity index (χ1v) is 26.0. The second-order valence-electron chi connectivity index (χ2n) is 18.3. The van der Waals surface area contributed by atoms with Gasteiger partial charge in [0.15, 0.2) is 8.07 Å². The van der Waals surface area contributed by atoms with Crippen molar-refractivity contribution in [1.82, 2.24) is 18.7 Å². The van der Waals surface area contributed by atoms with Crippen molar-refractivity contribution in [3.8, 4) is 28.5 Å². The van der Waals surface area contributed by atoms with Gasteiger partial charge in [-0.3, -0.25) is 4.57 Å². The zero-order chi connectivity index (χ0) is 46.2. The molecular formula is C65H44N4Si. The highest BCUT2D eigenvalue weighted by atomic mass is 28.3. The van der Waals surface area contributed by atoms with Crippen LogP contribution in [0.3, 0.4) is 0 Å². The summed E-state index contributed by atoms with van der Waals surface area (Å²) in [5, 5.41) is 12.5. The molecule has 0 bridgehead atoms. The average molecular weight is 909 g/mol. The summed E-state index contributed by atoms with van der Waals surface area (Å²) in [6.45, 7) is 0. The molecule has 70 heavy (non-hydrogen) atoms. The minimum Gasteiger partial charge on any atom is -0.309 e. The SMILES string of the molecule is c1ccc([Si](c2ccccc2)(c2ccccc2)c2ccc(-c3cc(-n4c5ccccc5c5ccccc54)cc(-n4c5ccccc5c5ccccc54)n3)c(-n3c4ccccc4c4ccccc43)c2)cc1. The smallest absolute Gasteiger partial charge is 0.179 e. The summed E-state index contributed by atoms with van der Waals surface area (Å²) in [5.41, 5.74) is 10.9. The highest BCUT2D eigenvalue weighted by molar-refractivity contribution is 7.19. The van der Waals surface area contributed by atoms with Gasteiger partial charge in [0.2, 0.25) is 0 Å². The van der Waals surface area contributed by atoms with E-state index >= 15 is 0 Å². The molecule has 4 aromatic heterocycles. The van der Waals surface area contributed by atoms with E-state index in [0.717, 1.165) is 61.6 Å². The van der Waals surface area contributed by atoms with Gasteiger partial charge in [-0.05, 0) is 69.3 Å². The molecule has 0 unspecified atom stereocenters. The summed E-state index contributed by atoms with van der Waals surface area (Å²) in [4.78, 5) is 5.86. The Morgan fingerprint density at radius 2 is 0.614 bits per heavy atom. The van der Waals surface area contributed by atoms with Gasteiger partial charge in [0, 0.05) is 43.9 Å². The molecule has 0 spiro atoms. The topological polar surface area (TPSA) is 27.7 Å². The molecule has 0 aliphatic rings. The van der Waals surface area contributed by atoms with E-state index < -0.39 is 8.07 Å². The Kier molecular flexibility index (Phi) is 9.19. The van der Waals surface area contributed by atoms with E-state index in [9.17, 15) is 0 Å². The summed E-state index contributed by atoms with van der Waals surface area (Å²) in [6, 6.07) is 98.3. The number of pyridine rings is 1. The molecular weight excluding hydrogens is 865 g/mol. The third-order valence-corrected chi connectivity index (χ3v) is 19.4. The predicted octanol–water partition coefficient (Wildman–Crippen LogP) is 13.4. The maximum atomic E-state index is 5.86. The molecule has 5 heteroatoms. The van der Waals surface area contributed by atoms with Gasteiger partial charge in [0.05, 0.1) is 50.2 Å². The van der Waals surface area contributed by atoms with Crippen LogP contribution < -0.4 is 20.7 Å². The van der Waals surface area contributed by atoms with Gasteiger partial charge >= 0.3 is 0 Å². The van der Waals surface area contributed by atoms with Crippen LogP contribution in [-0.4, -0.2) is 26.8 Å². The lowest BCUT2D eigenvalue weighted by atomic mass is 10.1. The molecule has 0 aliphatic heterocycles. The van der Waals surface area contributed by atoms with E-state index in [4.69, 9.17) is 4.98 Å². The lowest BCUT2D eigenvalue weighted by Gasteiger charge is -2.35. The maximum absolute atomic E-state index is 5.86. The highest BCUT2D eigenvalue weighted by Gasteiger charge is 2.42. The van der Waals surface area contributed by atoms with Gasteiger partial charge in [-0.2, -0.15) is 0 Å². The van der Waals surface area contributed by atoms with E-state index in [-0.39, 0.29) is 0 Å². The van der Waals surface area contributed by atoms with Crippen LogP contribution in [-0.2, 0) is 0 Å². The van der Waals surface area contributed by atoms with Crippen LogP contribution in [0.25, 0.3) is 93.9 Å². The van der Waals surface area contributed by atoms with E-state index in [0.29, 0.717) is 0 Å². The highest BCUT2D eigenvalue weighted by Crippen LogP contribution is 2.40. The molecule has 14 aromatic rings. The van der Waals surface area contributed by atoms with Gasteiger partial charge in [0.25, 0.3) is 0 Å². The predicted molar refractivity (Wildman–Crippen MR) is 296 cm³/mol. The quantitative estimate of drug-likeness (QED) is 0.110. The summed E-state index contributed by atoms with van der Waals surface area (Å²) < 4.78 is 7.29. The van der Waals surface area contributed by atoms with Crippen molar-refractivity contribution in [2.75, 3.05) is 0 Å². The van der Waals surface area contributed by atoms with Crippen molar-refractivity contribution in [3.63, 3.8) is 0 Å². The first-order valence-electron chi connectivity index (χ1n) is 24.0. The maximum Gasteiger partial charge on any atom is 0.179 e. The number of aromatic nitrogens is 4. The van der Waals surface area contributed by atoms with E-state index in [2.05, 4.69) is 281 Å². The van der Waals surface area contributed by atoms with Crippen LogP contribution in [0.15, 0.2) is 267 Å². The fourth-order valence-corrected chi connectivity index (χ4v) is 16.4. The number of para-hydroxylation sites is 6. The van der Waals surface area contributed by atoms with Crippen LogP contribution in [0.1, 0.15) is 0 Å². The minimum absolute atomic E-state index is 0.852. The molecule has 328 valence electrons. The minimum atomic E-state index is -2.98. The van der Waals surface area contributed by atoms with E-state index in [1.165, 1.54) is 53.1 Å². The summed E-state index contributed by atoms with van der Waals surface area (Å²) in [6.07, 6.45) is 0. The Balaban J connectivity index is 1.14. The average Bonchev–Trinajstić information content (AvgIpc) is 4.08. The molecule has 4 nitrogen and oxygen atoms in total. The molecule has 0 N–H and O–H groups in total. The monoisotopic (exact) mass is 908 g/mol. The standard InChI is InChI=1S/C65H44N4Si/c1-4-22-46(23-5-1)70(47-24-6-2-7-25-47,48-26-8-3-9-27-48)49-40-41-56(64(44-49)68-60-36-18-12-30-52(60)53-31-13-19-37-61(53)68)57-42-45(67-58-34-16-10-28-50(58)51-29-11-17-35-59(51)67)43-65(66-57)69-62-38-20-14-32-54(62)55-33-15-21-39-63(55)69/h1-44H. The van der Waals surface area contributed by atoms with Crippen LogP contribution in [0.2, 0.25) is 0 Å². The molecule has 0 radical (unpaired) electrons. The molecule has 4 heterocycles. The second kappa shape index (κ2) is 16.1. The van der Waals surface area contributed by atoms with Crippen molar-refractivity contribution >= 4 is 94.2 Å². The van der Waals surface area contributed by atoms with Crippen LogP contribution in [0.5, 0.6) is 0 Å².